The lowest BCUT2D eigenvalue weighted by atomic mass is 10.2. The summed E-state index contributed by atoms with van der Waals surface area (Å²) < 4.78 is 0. The largest absolute Gasteiger partial charge is 0.394 e. The summed E-state index contributed by atoms with van der Waals surface area (Å²) in [5.74, 6) is -0.409. The van der Waals surface area contributed by atoms with Crippen molar-refractivity contribution in [2.24, 2.45) is 5.73 Å². The maximum atomic E-state index is 11.2. The molecule has 0 saturated heterocycles. The highest BCUT2D eigenvalue weighted by Crippen LogP contribution is 2.22. The van der Waals surface area contributed by atoms with Gasteiger partial charge in [-0.2, -0.15) is 0 Å². The van der Waals surface area contributed by atoms with E-state index in [2.05, 4.69) is 5.32 Å². The lowest BCUT2D eigenvalue weighted by Gasteiger charge is -2.09. The van der Waals surface area contributed by atoms with Crippen molar-refractivity contribution in [1.29, 1.82) is 0 Å². The van der Waals surface area contributed by atoms with E-state index in [1.165, 1.54) is 0 Å². The molecule has 4 N–H and O–H groups in total. The van der Waals surface area contributed by atoms with Crippen LogP contribution in [-0.2, 0) is 11.3 Å². The van der Waals surface area contributed by atoms with Crippen molar-refractivity contribution in [1.82, 2.24) is 5.32 Å². The third-order valence-electron chi connectivity index (χ3n) is 1.98. The predicted octanol–water partition coefficient (Wildman–Crippen LogP) is 0.929. The second kappa shape index (κ2) is 6.06. The van der Waals surface area contributed by atoms with Crippen LogP contribution < -0.4 is 11.1 Å². The number of aliphatic hydroxyl groups is 1. The van der Waals surface area contributed by atoms with Gasteiger partial charge in [-0.25, -0.2) is 0 Å². The number of hydrogen-bond acceptors (Lipinski definition) is 3. The molecular formula is C10H12Cl2N2O2. The molecule has 1 aromatic carbocycles. The Kier molecular flexibility index (Phi) is 5.02. The average molecular weight is 263 g/mol. The van der Waals surface area contributed by atoms with Crippen LogP contribution >= 0.6 is 23.2 Å². The molecule has 0 saturated carbocycles. The number of nitrogens with one attached hydrogen (secondary N) is 1. The highest BCUT2D eigenvalue weighted by atomic mass is 35.5. The van der Waals surface area contributed by atoms with Crippen molar-refractivity contribution in [2.45, 2.75) is 12.6 Å². The second-order valence-electron chi connectivity index (χ2n) is 3.26. The topological polar surface area (TPSA) is 75.3 Å². The fraction of sp³-hybridized carbons (Fsp3) is 0.300. The van der Waals surface area contributed by atoms with Crippen molar-refractivity contribution in [2.75, 3.05) is 6.61 Å². The van der Waals surface area contributed by atoms with E-state index in [1.54, 1.807) is 18.2 Å². The van der Waals surface area contributed by atoms with Gasteiger partial charge in [-0.1, -0.05) is 29.3 Å². The van der Waals surface area contributed by atoms with Crippen LogP contribution in [0.5, 0.6) is 0 Å². The van der Waals surface area contributed by atoms with Gasteiger partial charge in [-0.05, 0) is 17.7 Å². The van der Waals surface area contributed by atoms with Crippen LogP contribution in [0.2, 0.25) is 10.0 Å². The van der Waals surface area contributed by atoms with Gasteiger partial charge in [0.25, 0.3) is 0 Å². The van der Waals surface area contributed by atoms with Gasteiger partial charge in [0, 0.05) is 6.54 Å². The van der Waals surface area contributed by atoms with Crippen LogP contribution in [0.3, 0.4) is 0 Å². The van der Waals surface area contributed by atoms with E-state index in [9.17, 15) is 4.79 Å². The molecule has 1 amide bonds. The Bertz CT molecular complexity index is 385. The smallest absolute Gasteiger partial charge is 0.239 e. The third kappa shape index (κ3) is 3.64. The van der Waals surface area contributed by atoms with E-state index in [4.69, 9.17) is 34.0 Å². The summed E-state index contributed by atoms with van der Waals surface area (Å²) in [7, 11) is 0. The third-order valence-corrected chi connectivity index (χ3v) is 2.72. The van der Waals surface area contributed by atoms with Crippen LogP contribution in [0.1, 0.15) is 5.56 Å². The van der Waals surface area contributed by atoms with Gasteiger partial charge in [-0.15, -0.1) is 0 Å². The van der Waals surface area contributed by atoms with E-state index in [-0.39, 0.29) is 6.61 Å². The second-order valence-corrected chi connectivity index (χ2v) is 4.07. The molecule has 0 heterocycles. The van der Waals surface area contributed by atoms with E-state index in [0.717, 1.165) is 5.56 Å². The molecule has 0 unspecified atom stereocenters. The summed E-state index contributed by atoms with van der Waals surface area (Å²) in [6, 6.07) is 4.16. The number of rotatable bonds is 4. The number of nitrogens with two attached hydrogens (primary N) is 1. The molecule has 1 aromatic rings. The Morgan fingerprint density at radius 2 is 2.12 bits per heavy atom. The minimum absolute atomic E-state index is 0.295. The number of carbonyl (C=O) groups excluding carboxylic acids is 1. The van der Waals surface area contributed by atoms with Crippen molar-refractivity contribution < 1.29 is 9.90 Å². The molecule has 0 radical (unpaired) electrons. The first-order valence-electron chi connectivity index (χ1n) is 4.62. The number of halogens is 2. The van der Waals surface area contributed by atoms with E-state index in [1.807, 2.05) is 0 Å². The molecular weight excluding hydrogens is 251 g/mol. The van der Waals surface area contributed by atoms with Crippen LogP contribution in [0.4, 0.5) is 0 Å². The maximum absolute atomic E-state index is 11.2. The Balaban J connectivity index is 2.55. The monoisotopic (exact) mass is 262 g/mol. The Morgan fingerprint density at radius 1 is 1.44 bits per heavy atom. The number of amides is 1. The Morgan fingerprint density at radius 3 is 2.69 bits per heavy atom. The number of carbonyl (C=O) groups is 1. The maximum Gasteiger partial charge on any atom is 0.239 e. The lowest BCUT2D eigenvalue weighted by molar-refractivity contribution is -0.123. The summed E-state index contributed by atoms with van der Waals surface area (Å²) in [5.41, 5.74) is 6.14. The van der Waals surface area contributed by atoms with Gasteiger partial charge in [-0.3, -0.25) is 4.79 Å². The number of hydrogen-bond donors (Lipinski definition) is 3. The minimum atomic E-state index is -0.900. The van der Waals surface area contributed by atoms with Gasteiger partial charge >= 0.3 is 0 Å². The summed E-state index contributed by atoms with van der Waals surface area (Å²) in [4.78, 5) is 11.2. The van der Waals surface area contributed by atoms with Crippen molar-refractivity contribution >= 4 is 29.1 Å². The molecule has 4 nitrogen and oxygen atoms in total. The number of benzene rings is 1. The highest BCUT2D eigenvalue weighted by Gasteiger charge is 2.11. The molecule has 1 rings (SSSR count). The quantitative estimate of drug-likeness (QED) is 0.756. The molecule has 1 atom stereocenters. The van der Waals surface area contributed by atoms with Gasteiger partial charge < -0.3 is 16.2 Å². The fourth-order valence-corrected chi connectivity index (χ4v) is 1.37. The lowest BCUT2D eigenvalue weighted by Crippen LogP contribution is -2.42. The standard InChI is InChI=1S/C10H12Cl2N2O2/c11-7-2-1-6(3-8(7)12)4-14-10(16)9(13)5-15/h1-3,9,15H,4-5,13H2,(H,14,16)/t9-/m1/s1. The summed E-state index contributed by atoms with van der Waals surface area (Å²) in [6.07, 6.45) is 0. The van der Waals surface area contributed by atoms with Crippen LogP contribution in [0.15, 0.2) is 18.2 Å². The van der Waals surface area contributed by atoms with Gasteiger partial charge in [0.15, 0.2) is 0 Å². The van der Waals surface area contributed by atoms with E-state index < -0.39 is 11.9 Å². The summed E-state index contributed by atoms with van der Waals surface area (Å²) >= 11 is 11.6. The molecule has 16 heavy (non-hydrogen) atoms. The molecule has 0 aromatic heterocycles. The summed E-state index contributed by atoms with van der Waals surface area (Å²) in [5, 5.41) is 12.1. The molecule has 0 spiro atoms. The van der Waals surface area contributed by atoms with E-state index >= 15 is 0 Å². The zero-order chi connectivity index (χ0) is 12.1. The molecule has 0 aliphatic carbocycles. The molecule has 0 bridgehead atoms. The first-order chi connectivity index (χ1) is 7.54. The first-order valence-corrected chi connectivity index (χ1v) is 5.38. The fourth-order valence-electron chi connectivity index (χ4n) is 1.05. The zero-order valence-electron chi connectivity index (χ0n) is 8.41. The average Bonchev–Trinajstić information content (AvgIpc) is 2.29. The van der Waals surface area contributed by atoms with Gasteiger partial charge in [0.1, 0.15) is 6.04 Å². The molecule has 0 aliphatic rings. The minimum Gasteiger partial charge on any atom is -0.394 e. The van der Waals surface area contributed by atoms with Gasteiger partial charge in [0.05, 0.1) is 16.7 Å². The predicted molar refractivity (Wildman–Crippen MR) is 63.4 cm³/mol. The first kappa shape index (κ1) is 13.3. The Labute approximate surface area is 103 Å². The van der Waals surface area contributed by atoms with Crippen molar-refractivity contribution in [3.05, 3.63) is 33.8 Å². The van der Waals surface area contributed by atoms with Crippen LogP contribution in [-0.4, -0.2) is 23.7 Å². The SMILES string of the molecule is N[C@H](CO)C(=O)NCc1ccc(Cl)c(Cl)c1. The molecule has 6 heteroatoms. The van der Waals surface area contributed by atoms with Crippen LogP contribution in [0.25, 0.3) is 0 Å². The Hall–Kier alpha value is -0.810. The molecule has 0 aliphatic heterocycles. The van der Waals surface area contributed by atoms with Crippen molar-refractivity contribution in [3.8, 4) is 0 Å². The highest BCUT2D eigenvalue weighted by molar-refractivity contribution is 6.42. The van der Waals surface area contributed by atoms with Crippen molar-refractivity contribution in [3.63, 3.8) is 0 Å². The van der Waals surface area contributed by atoms with Gasteiger partial charge in [0.2, 0.25) is 5.91 Å². The summed E-state index contributed by atoms with van der Waals surface area (Å²) in [6.45, 7) is -0.0867. The normalized spacial score (nSPS) is 12.2. The molecule has 0 fully saturated rings. The van der Waals surface area contributed by atoms with E-state index in [0.29, 0.717) is 16.6 Å². The zero-order valence-corrected chi connectivity index (χ0v) is 9.92. The number of aliphatic hydroxyl groups excluding tert-OH is 1. The van der Waals surface area contributed by atoms with Crippen LogP contribution in [0, 0.1) is 0 Å². The molecule has 88 valence electrons.